The molecule has 15 heavy (non-hydrogen) atoms. The van der Waals surface area contributed by atoms with E-state index in [1.54, 1.807) is 0 Å². The molecule has 0 aromatic carbocycles. The smallest absolute Gasteiger partial charge is 0.430 e. The number of nitrogens with zero attached hydrogens (tertiary/aromatic N) is 1. The molecule has 4 nitrogen and oxygen atoms in total. The maximum absolute atomic E-state index is 10.5. The molecule has 0 aromatic heterocycles. The SMILES string of the molecule is C[N+]1(C)CCNCC1.O=C([O-])C(F)(F)F. The summed E-state index contributed by atoms with van der Waals surface area (Å²) >= 11 is 0. The van der Waals surface area contributed by atoms with Crippen molar-refractivity contribution in [1.82, 2.24) is 5.32 Å². The minimum atomic E-state index is -5.19. The Balaban J connectivity index is 0.000000265. The Morgan fingerprint density at radius 3 is 1.73 bits per heavy atom. The van der Waals surface area contributed by atoms with Crippen molar-refractivity contribution in [3.8, 4) is 0 Å². The van der Waals surface area contributed by atoms with Crippen LogP contribution in [0.25, 0.3) is 0 Å². The molecule has 0 aromatic rings. The highest BCUT2D eigenvalue weighted by atomic mass is 19.4. The molecular formula is C8H15F3N2O2. The fourth-order valence-electron chi connectivity index (χ4n) is 1.00. The van der Waals surface area contributed by atoms with Gasteiger partial charge in [-0.1, -0.05) is 0 Å². The molecule has 1 saturated heterocycles. The third-order valence-electron chi connectivity index (χ3n) is 2.02. The number of halogens is 3. The predicted molar refractivity (Wildman–Crippen MR) is 45.8 cm³/mol. The maximum Gasteiger partial charge on any atom is 0.430 e. The average Bonchev–Trinajstić information content (AvgIpc) is 2.02. The molecule has 1 heterocycles. The van der Waals surface area contributed by atoms with E-state index in [1.807, 2.05) is 0 Å². The van der Waals surface area contributed by atoms with E-state index in [-0.39, 0.29) is 0 Å². The van der Waals surface area contributed by atoms with Gasteiger partial charge in [0.1, 0.15) is 5.97 Å². The zero-order valence-electron chi connectivity index (χ0n) is 8.73. The molecule has 1 aliphatic heterocycles. The summed E-state index contributed by atoms with van der Waals surface area (Å²) < 4.78 is 32.7. The van der Waals surface area contributed by atoms with Crippen molar-refractivity contribution in [2.75, 3.05) is 40.3 Å². The van der Waals surface area contributed by atoms with E-state index in [1.165, 1.54) is 30.7 Å². The first kappa shape index (κ1) is 14.2. The number of carboxylic acid groups (broad SMARTS) is 1. The minimum Gasteiger partial charge on any atom is -0.542 e. The maximum atomic E-state index is 10.5. The van der Waals surface area contributed by atoms with Gasteiger partial charge in [0.2, 0.25) is 0 Å². The zero-order chi connectivity index (χ0) is 12.1. The average molecular weight is 228 g/mol. The third kappa shape index (κ3) is 7.15. The molecule has 0 spiro atoms. The van der Waals surface area contributed by atoms with Crippen molar-refractivity contribution in [1.29, 1.82) is 0 Å². The summed E-state index contributed by atoms with van der Waals surface area (Å²) in [4.78, 5) is 8.78. The van der Waals surface area contributed by atoms with Crippen LogP contribution in [0.2, 0.25) is 0 Å². The molecule has 0 bridgehead atoms. The van der Waals surface area contributed by atoms with Gasteiger partial charge >= 0.3 is 6.18 Å². The van der Waals surface area contributed by atoms with Crippen molar-refractivity contribution in [2.45, 2.75) is 6.18 Å². The lowest BCUT2D eigenvalue weighted by molar-refractivity contribution is -0.891. The van der Waals surface area contributed by atoms with Crippen LogP contribution < -0.4 is 10.4 Å². The summed E-state index contributed by atoms with van der Waals surface area (Å²) in [5.41, 5.74) is 0. The number of quaternary nitrogens is 1. The first-order valence-corrected chi connectivity index (χ1v) is 4.46. The molecule has 90 valence electrons. The van der Waals surface area contributed by atoms with Gasteiger partial charge in [0.15, 0.2) is 0 Å². The van der Waals surface area contributed by atoms with Crippen LogP contribution in [-0.2, 0) is 4.79 Å². The zero-order valence-corrected chi connectivity index (χ0v) is 8.73. The molecule has 1 aliphatic rings. The van der Waals surface area contributed by atoms with E-state index in [0.29, 0.717) is 0 Å². The number of carbonyl (C=O) groups is 1. The Morgan fingerprint density at radius 1 is 1.27 bits per heavy atom. The Hall–Kier alpha value is -0.820. The summed E-state index contributed by atoms with van der Waals surface area (Å²) in [6.45, 7) is 4.93. The Morgan fingerprint density at radius 2 is 1.60 bits per heavy atom. The summed E-state index contributed by atoms with van der Waals surface area (Å²) in [7, 11) is 4.56. The third-order valence-corrected chi connectivity index (χ3v) is 2.02. The van der Waals surface area contributed by atoms with E-state index < -0.39 is 12.1 Å². The summed E-state index contributed by atoms with van der Waals surface area (Å²) in [6.07, 6.45) is -5.19. The predicted octanol–water partition coefficient (Wildman–Crippen LogP) is -1.04. The second-order valence-electron chi connectivity index (χ2n) is 3.92. The monoisotopic (exact) mass is 228 g/mol. The van der Waals surface area contributed by atoms with Gasteiger partial charge in [-0.25, -0.2) is 0 Å². The number of likely N-dealkylation sites (N-methyl/N-ethyl adjacent to an activating group) is 1. The Labute approximate surface area is 86.3 Å². The normalized spacial score (nSPS) is 20.1. The van der Waals surface area contributed by atoms with Crippen LogP contribution in [0.5, 0.6) is 0 Å². The highest BCUT2D eigenvalue weighted by Gasteiger charge is 2.28. The van der Waals surface area contributed by atoms with Gasteiger partial charge in [-0.05, 0) is 0 Å². The van der Waals surface area contributed by atoms with Crippen LogP contribution in [0.1, 0.15) is 0 Å². The first-order valence-electron chi connectivity index (χ1n) is 4.46. The number of alkyl halides is 3. The highest BCUT2D eigenvalue weighted by molar-refractivity contribution is 5.70. The van der Waals surface area contributed by atoms with Crippen LogP contribution >= 0.6 is 0 Å². The Kier molecular flexibility index (Phi) is 5.02. The molecule has 1 N–H and O–H groups in total. The van der Waals surface area contributed by atoms with Gasteiger partial charge in [-0.2, -0.15) is 13.2 Å². The lowest BCUT2D eigenvalue weighted by Crippen LogP contribution is -2.53. The van der Waals surface area contributed by atoms with Crippen LogP contribution in [0.3, 0.4) is 0 Å². The number of piperazine rings is 1. The number of rotatable bonds is 0. The van der Waals surface area contributed by atoms with Crippen LogP contribution in [-0.4, -0.2) is 56.9 Å². The van der Waals surface area contributed by atoms with E-state index in [4.69, 9.17) is 9.90 Å². The number of nitrogens with one attached hydrogen (secondary N) is 1. The fourth-order valence-corrected chi connectivity index (χ4v) is 1.00. The van der Waals surface area contributed by atoms with Gasteiger partial charge in [0.05, 0.1) is 27.2 Å². The second kappa shape index (κ2) is 5.32. The quantitative estimate of drug-likeness (QED) is 0.539. The van der Waals surface area contributed by atoms with Crippen molar-refractivity contribution in [3.63, 3.8) is 0 Å². The molecule has 0 radical (unpaired) electrons. The first-order chi connectivity index (χ1) is 6.65. The van der Waals surface area contributed by atoms with Gasteiger partial charge in [-0.3, -0.25) is 0 Å². The largest absolute Gasteiger partial charge is 0.542 e. The number of carbonyl (C=O) groups excluding carboxylic acids is 1. The van der Waals surface area contributed by atoms with Crippen molar-refractivity contribution < 1.29 is 27.6 Å². The highest BCUT2D eigenvalue weighted by Crippen LogP contribution is 2.11. The van der Waals surface area contributed by atoms with E-state index in [0.717, 1.165) is 0 Å². The van der Waals surface area contributed by atoms with Gasteiger partial charge in [0.25, 0.3) is 0 Å². The molecule has 0 aliphatic carbocycles. The van der Waals surface area contributed by atoms with Crippen molar-refractivity contribution in [3.05, 3.63) is 0 Å². The van der Waals surface area contributed by atoms with Gasteiger partial charge < -0.3 is 19.7 Å². The van der Waals surface area contributed by atoms with Crippen molar-refractivity contribution >= 4 is 5.97 Å². The number of aliphatic carboxylic acids is 1. The second-order valence-corrected chi connectivity index (χ2v) is 3.92. The van der Waals surface area contributed by atoms with Crippen LogP contribution in [0.4, 0.5) is 13.2 Å². The molecule has 0 atom stereocenters. The van der Waals surface area contributed by atoms with Gasteiger partial charge in [0, 0.05) is 13.1 Å². The Bertz CT molecular complexity index is 208. The number of hydrogen-bond acceptors (Lipinski definition) is 3. The summed E-state index contributed by atoms with van der Waals surface area (Å²) in [6, 6.07) is 0. The molecular weight excluding hydrogens is 213 g/mol. The molecule has 0 amide bonds. The minimum absolute atomic E-state index is 1.19. The topological polar surface area (TPSA) is 52.2 Å². The molecule has 1 fully saturated rings. The molecule has 7 heteroatoms. The standard InChI is InChI=1S/C6H15N2.C2HF3O2/c1-8(2)5-3-7-4-6-8;3-2(4,5)1(6)7/h7H,3-6H2,1-2H3;(H,6,7)/q+1;/p-1. The number of carboxylic acids is 1. The summed E-state index contributed by atoms with van der Waals surface area (Å²) in [5.74, 6) is -3.01. The molecule has 0 saturated carbocycles. The fraction of sp³-hybridized carbons (Fsp3) is 0.875. The lowest BCUT2D eigenvalue weighted by atomic mass is 10.3. The summed E-state index contributed by atoms with van der Waals surface area (Å²) in [5, 5.41) is 12.1. The van der Waals surface area contributed by atoms with Crippen LogP contribution in [0, 0.1) is 0 Å². The lowest BCUT2D eigenvalue weighted by Gasteiger charge is -2.33. The van der Waals surface area contributed by atoms with Crippen LogP contribution in [0.15, 0.2) is 0 Å². The van der Waals surface area contributed by atoms with E-state index in [9.17, 15) is 13.2 Å². The van der Waals surface area contributed by atoms with Crippen molar-refractivity contribution in [2.24, 2.45) is 0 Å². The van der Waals surface area contributed by atoms with Gasteiger partial charge in [-0.15, -0.1) is 0 Å². The molecule has 0 unspecified atom stereocenters. The molecule has 1 rings (SSSR count). The van der Waals surface area contributed by atoms with E-state index >= 15 is 0 Å². The van der Waals surface area contributed by atoms with E-state index in [2.05, 4.69) is 19.4 Å². The number of hydrogen-bond donors (Lipinski definition) is 1.